The number of nitrogens with zero attached hydrogens (tertiary/aromatic N) is 4. The Kier molecular flexibility index (Phi) is 11.1. The molecule has 2 fully saturated rings. The van der Waals surface area contributed by atoms with Crippen molar-refractivity contribution in [1.29, 1.82) is 5.41 Å². The van der Waals surface area contributed by atoms with E-state index in [0.717, 1.165) is 31.3 Å². The van der Waals surface area contributed by atoms with Crippen molar-refractivity contribution in [3.8, 4) is 22.5 Å². The van der Waals surface area contributed by atoms with Crippen LogP contribution in [-0.4, -0.2) is 77.0 Å². The predicted octanol–water partition coefficient (Wildman–Crippen LogP) is 7.87. The van der Waals surface area contributed by atoms with Gasteiger partial charge in [-0.2, -0.15) is 31.7 Å². The Bertz CT molecular complexity index is 2360. The molecule has 310 valence electrons. The molecule has 1 saturated heterocycles. The molecule has 1 saturated carbocycles. The van der Waals surface area contributed by atoms with Crippen LogP contribution in [0, 0.1) is 10.8 Å². The van der Waals surface area contributed by atoms with Gasteiger partial charge in [0.25, 0.3) is 12.3 Å². The van der Waals surface area contributed by atoms with Crippen LogP contribution < -0.4 is 10.6 Å². The summed E-state index contributed by atoms with van der Waals surface area (Å²) in [6, 6.07) is 13.7. The number of sulfone groups is 1. The zero-order chi connectivity index (χ0) is 42.6. The van der Waals surface area contributed by atoms with Gasteiger partial charge < -0.3 is 15.4 Å². The van der Waals surface area contributed by atoms with Gasteiger partial charge in [-0.05, 0) is 65.8 Å². The van der Waals surface area contributed by atoms with Crippen molar-refractivity contribution in [3.63, 3.8) is 0 Å². The largest absolute Gasteiger partial charge is 0.447 e. The first kappa shape index (κ1) is 42.4. The molecule has 21 heteroatoms. The Hall–Kier alpha value is -5.24. The van der Waals surface area contributed by atoms with E-state index in [1.165, 1.54) is 60.7 Å². The van der Waals surface area contributed by atoms with E-state index < -0.39 is 88.3 Å². The van der Waals surface area contributed by atoms with E-state index in [2.05, 4.69) is 20.7 Å². The van der Waals surface area contributed by atoms with Crippen molar-refractivity contribution in [3.05, 3.63) is 89.2 Å². The molecule has 4 aromatic rings. The number of alkyl carbamates (subject to hydrolysis) is 1. The monoisotopic (exact) mass is 857 g/mol. The van der Waals surface area contributed by atoms with E-state index in [1.807, 2.05) is 0 Å². The highest BCUT2D eigenvalue weighted by Gasteiger charge is 2.60. The highest BCUT2D eigenvalue weighted by Crippen LogP contribution is 2.49. The first-order valence-corrected chi connectivity index (χ1v) is 19.7. The van der Waals surface area contributed by atoms with Crippen LogP contribution in [0.25, 0.3) is 22.5 Å². The summed E-state index contributed by atoms with van der Waals surface area (Å²) in [7, 11) is -3.60. The van der Waals surface area contributed by atoms with Gasteiger partial charge >= 0.3 is 18.8 Å². The molecule has 2 amide bonds. The van der Waals surface area contributed by atoms with E-state index in [-0.39, 0.29) is 44.1 Å². The summed E-state index contributed by atoms with van der Waals surface area (Å²) >= 11 is 6.39. The normalized spacial score (nSPS) is 18.7. The molecule has 3 N–H and O–H groups in total. The van der Waals surface area contributed by atoms with E-state index in [1.54, 1.807) is 6.07 Å². The molecule has 2 atom stereocenters. The molecule has 1 aromatic heterocycles. The van der Waals surface area contributed by atoms with Crippen LogP contribution in [-0.2, 0) is 24.9 Å². The summed E-state index contributed by atoms with van der Waals surface area (Å²) in [6.07, 6.45) is -8.34. The van der Waals surface area contributed by atoms with Gasteiger partial charge in [-0.1, -0.05) is 67.9 Å². The zero-order valence-electron chi connectivity index (χ0n) is 30.8. The van der Waals surface area contributed by atoms with Crippen LogP contribution in [0.3, 0.4) is 0 Å². The minimum absolute atomic E-state index is 0.0115. The van der Waals surface area contributed by atoms with Crippen molar-refractivity contribution in [2.75, 3.05) is 12.9 Å². The van der Waals surface area contributed by atoms with Gasteiger partial charge in [0.15, 0.2) is 21.6 Å². The summed E-state index contributed by atoms with van der Waals surface area (Å²) < 4.78 is 129. The van der Waals surface area contributed by atoms with Gasteiger partial charge in [0.05, 0.1) is 21.4 Å². The Balaban J connectivity index is 1.45. The van der Waals surface area contributed by atoms with Gasteiger partial charge in [0, 0.05) is 11.8 Å². The van der Waals surface area contributed by atoms with Crippen LogP contribution >= 0.6 is 11.6 Å². The molecule has 12 nitrogen and oxygen atoms in total. The maximum Gasteiger partial charge on any atom is 0.407 e. The number of hydrogen-bond donors (Lipinski definition) is 3. The van der Waals surface area contributed by atoms with Crippen molar-refractivity contribution >= 4 is 39.4 Å². The number of alkyl halides is 7. The van der Waals surface area contributed by atoms with Gasteiger partial charge in [-0.25, -0.2) is 27.0 Å². The molecule has 1 aliphatic heterocycles. The van der Waals surface area contributed by atoms with Crippen LogP contribution in [0.15, 0.2) is 78.0 Å². The summed E-state index contributed by atoms with van der Waals surface area (Å²) in [5.74, 6) is -2.29. The second-order valence-electron chi connectivity index (χ2n) is 14.7. The Labute approximate surface area is 332 Å². The lowest BCUT2D eigenvalue weighted by Gasteiger charge is -2.37. The molecular formula is C37H35ClF7N7O5S. The molecule has 0 unspecified atom stereocenters. The average molecular weight is 858 g/mol. The van der Waals surface area contributed by atoms with Crippen molar-refractivity contribution in [1.82, 2.24) is 30.3 Å². The molecule has 2 heterocycles. The number of ether oxygens (including phenoxy) is 1. The number of rotatable bonds is 13. The van der Waals surface area contributed by atoms with Gasteiger partial charge in [-0.15, -0.1) is 0 Å². The molecule has 0 radical (unpaired) electrons. The maximum atomic E-state index is 14.9. The maximum absolute atomic E-state index is 14.9. The molecule has 2 aliphatic rings. The van der Waals surface area contributed by atoms with Crippen molar-refractivity contribution < 1.29 is 53.5 Å². The number of hydrogen-bond acceptors (Lipinski definition) is 8. The number of halogens is 8. The SMILES string of the molecule is CC(C)(C[C@]1(c2ccc(-c3cccc(S(C)(=O)=O)c3)cc2)NC(=N)N([C@H](COC(=O)NC2(C(F)F)CC2)c2ccc(Cl)c(-c3ncnn3C(F)F)c2)C1=O)C(F)(F)F. The van der Waals surface area contributed by atoms with Crippen LogP contribution in [0.1, 0.15) is 56.8 Å². The highest BCUT2D eigenvalue weighted by molar-refractivity contribution is 7.90. The fraction of sp³-hybridized carbons (Fsp3) is 0.378. The fourth-order valence-corrected chi connectivity index (χ4v) is 7.58. The van der Waals surface area contributed by atoms with E-state index in [0.29, 0.717) is 11.1 Å². The van der Waals surface area contributed by atoms with Crippen LogP contribution in [0.2, 0.25) is 5.02 Å². The van der Waals surface area contributed by atoms with Crippen molar-refractivity contribution in [2.24, 2.45) is 5.41 Å². The minimum Gasteiger partial charge on any atom is -0.447 e. The Morgan fingerprint density at radius 2 is 1.71 bits per heavy atom. The number of aromatic nitrogens is 3. The average Bonchev–Trinajstić information content (AvgIpc) is 3.68. The molecule has 0 spiro atoms. The predicted molar refractivity (Wildman–Crippen MR) is 196 cm³/mol. The van der Waals surface area contributed by atoms with Gasteiger partial charge in [0.2, 0.25) is 0 Å². The van der Waals surface area contributed by atoms with Gasteiger partial charge in [-0.3, -0.25) is 15.1 Å². The number of guanidine groups is 1. The minimum atomic E-state index is -4.88. The van der Waals surface area contributed by atoms with E-state index >= 15 is 0 Å². The topological polar surface area (TPSA) is 159 Å². The molecule has 6 rings (SSSR count). The third kappa shape index (κ3) is 8.07. The number of benzene rings is 3. The third-order valence-corrected chi connectivity index (χ3v) is 11.7. The van der Waals surface area contributed by atoms with Crippen molar-refractivity contribution in [2.45, 2.75) is 74.3 Å². The standard InChI is InChI=1S/C37H35ClF7N7O5S/c1-34(2,37(43,44)45)18-36(23-10-7-20(8-11-23)21-5-4-6-24(15-21)58(3,55)56)30(53)51(32(46)49-36)27(17-57-33(54)50-35(13-14-35)29(39)40)22-9-12-26(38)25(16-22)28-47-19-48-52(28)31(41)42/h4-12,15-16,19,27,29,31H,13-14,17-18H2,1-3H3,(H2,46,49)(H,50,54)/t27-,36-/m1/s1. The summed E-state index contributed by atoms with van der Waals surface area (Å²) in [5, 5.41) is 17.2. The molecular weight excluding hydrogens is 823 g/mol. The Morgan fingerprint density at radius 1 is 1.03 bits per heavy atom. The summed E-state index contributed by atoms with van der Waals surface area (Å²) in [6.45, 7) is -2.30. The van der Waals surface area contributed by atoms with E-state index in [9.17, 15) is 48.7 Å². The quantitative estimate of drug-likeness (QED) is 0.115. The summed E-state index contributed by atoms with van der Waals surface area (Å²) in [5.41, 5.74) is -6.06. The lowest BCUT2D eigenvalue weighted by Crippen LogP contribution is -2.50. The summed E-state index contributed by atoms with van der Waals surface area (Å²) in [4.78, 5) is 32.4. The second kappa shape index (κ2) is 15.2. The first-order valence-electron chi connectivity index (χ1n) is 17.4. The molecule has 58 heavy (non-hydrogen) atoms. The number of carbonyl (C=O) groups excluding carboxylic acids is 2. The molecule has 1 aliphatic carbocycles. The fourth-order valence-electron chi connectivity index (χ4n) is 6.71. The first-order chi connectivity index (χ1) is 27.0. The third-order valence-electron chi connectivity index (χ3n) is 10.2. The lowest BCUT2D eigenvalue weighted by molar-refractivity contribution is -0.218. The molecule has 0 bridgehead atoms. The number of carbonyl (C=O) groups is 2. The lowest BCUT2D eigenvalue weighted by atomic mass is 9.73. The number of amides is 2. The van der Waals surface area contributed by atoms with Gasteiger partial charge in [0.1, 0.15) is 24.0 Å². The van der Waals surface area contributed by atoms with Crippen LogP contribution in [0.5, 0.6) is 0 Å². The second-order valence-corrected chi connectivity index (χ2v) is 17.2. The number of nitrogens with one attached hydrogen (secondary N) is 3. The molecule has 3 aromatic carbocycles. The smallest absolute Gasteiger partial charge is 0.407 e. The highest BCUT2D eigenvalue weighted by atomic mass is 35.5. The Morgan fingerprint density at radius 3 is 2.29 bits per heavy atom. The zero-order valence-corrected chi connectivity index (χ0v) is 32.3. The van der Waals surface area contributed by atoms with E-state index in [4.69, 9.17) is 21.7 Å². The van der Waals surface area contributed by atoms with Crippen LogP contribution in [0.4, 0.5) is 35.5 Å².